The second-order valence-corrected chi connectivity index (χ2v) is 7.54. The van der Waals surface area contributed by atoms with Crippen molar-refractivity contribution in [1.82, 2.24) is 10.1 Å². The minimum absolute atomic E-state index is 0.0368. The van der Waals surface area contributed by atoms with Crippen molar-refractivity contribution in [1.29, 1.82) is 0 Å². The normalized spacial score (nSPS) is 16.0. The van der Waals surface area contributed by atoms with E-state index in [0.29, 0.717) is 41.2 Å². The minimum atomic E-state index is -0.195. The maximum absolute atomic E-state index is 12.8. The fourth-order valence-corrected chi connectivity index (χ4v) is 3.74. The molecule has 1 aromatic heterocycles. The number of amides is 1. The summed E-state index contributed by atoms with van der Waals surface area (Å²) in [4.78, 5) is 19.0. The lowest BCUT2D eigenvalue weighted by atomic mass is 10.1. The number of carbonyl (C=O) groups is 1. The van der Waals surface area contributed by atoms with Crippen molar-refractivity contribution in [2.24, 2.45) is 0 Å². The lowest BCUT2D eigenvalue weighted by Gasteiger charge is -2.20. The Kier molecular flexibility index (Phi) is 5.54. The van der Waals surface area contributed by atoms with Crippen LogP contribution in [0.4, 0.5) is 5.69 Å². The minimum Gasteiger partial charge on any atom is -0.493 e. The Morgan fingerprint density at radius 2 is 1.71 bits per heavy atom. The van der Waals surface area contributed by atoms with Gasteiger partial charge in [0.1, 0.15) is 0 Å². The van der Waals surface area contributed by atoms with Crippen LogP contribution in [0.5, 0.6) is 17.2 Å². The van der Waals surface area contributed by atoms with E-state index in [0.717, 1.165) is 11.1 Å². The number of methoxy groups -OCH3 is 3. The van der Waals surface area contributed by atoms with E-state index < -0.39 is 0 Å². The molecule has 8 nitrogen and oxygen atoms in total. The van der Waals surface area contributed by atoms with Gasteiger partial charge in [-0.25, -0.2) is 0 Å². The van der Waals surface area contributed by atoms with Crippen LogP contribution in [-0.4, -0.2) is 43.9 Å². The van der Waals surface area contributed by atoms with Gasteiger partial charge in [-0.05, 0) is 31.0 Å². The summed E-state index contributed by atoms with van der Waals surface area (Å²) >= 11 is 0. The van der Waals surface area contributed by atoms with E-state index in [1.807, 2.05) is 25.1 Å². The zero-order valence-corrected chi connectivity index (χ0v) is 18.3. The molecule has 1 aliphatic rings. The molecule has 3 aromatic rings. The maximum Gasteiger partial charge on any atom is 0.232 e. The Morgan fingerprint density at radius 1 is 1.00 bits per heavy atom. The van der Waals surface area contributed by atoms with Gasteiger partial charge in [-0.3, -0.25) is 4.79 Å². The van der Waals surface area contributed by atoms with E-state index in [4.69, 9.17) is 18.7 Å². The molecule has 162 valence electrons. The Bertz CT molecular complexity index is 1100. The summed E-state index contributed by atoms with van der Waals surface area (Å²) in [5.74, 6) is 2.20. The van der Waals surface area contributed by atoms with E-state index >= 15 is 0 Å². The molecule has 1 saturated heterocycles. The zero-order chi connectivity index (χ0) is 22.1. The predicted molar refractivity (Wildman–Crippen MR) is 115 cm³/mol. The Morgan fingerprint density at radius 3 is 2.32 bits per heavy atom. The number of hydrogen-bond acceptors (Lipinski definition) is 7. The second-order valence-electron chi connectivity index (χ2n) is 7.54. The topological polar surface area (TPSA) is 86.9 Å². The van der Waals surface area contributed by atoms with Crippen LogP contribution in [-0.2, 0) is 4.79 Å². The molecule has 1 atom stereocenters. The van der Waals surface area contributed by atoms with Gasteiger partial charge in [0.15, 0.2) is 11.5 Å². The number of nitrogens with zero attached hydrogens (tertiary/aromatic N) is 3. The number of carbonyl (C=O) groups excluding carboxylic acids is 1. The largest absolute Gasteiger partial charge is 0.493 e. The monoisotopic (exact) mass is 423 g/mol. The number of benzene rings is 2. The van der Waals surface area contributed by atoms with Crippen LogP contribution in [0.15, 0.2) is 34.9 Å². The van der Waals surface area contributed by atoms with Gasteiger partial charge < -0.3 is 23.6 Å². The van der Waals surface area contributed by atoms with Crippen molar-refractivity contribution in [3.05, 3.63) is 47.3 Å². The van der Waals surface area contributed by atoms with Crippen molar-refractivity contribution < 1.29 is 23.5 Å². The van der Waals surface area contributed by atoms with Crippen LogP contribution in [0.1, 0.15) is 29.4 Å². The van der Waals surface area contributed by atoms with Crippen molar-refractivity contribution in [3.8, 4) is 28.6 Å². The van der Waals surface area contributed by atoms with E-state index in [-0.39, 0.29) is 18.2 Å². The number of rotatable bonds is 6. The summed E-state index contributed by atoms with van der Waals surface area (Å²) in [6, 6.07) is 9.56. The number of aromatic nitrogens is 2. The molecule has 0 bridgehead atoms. The number of anilines is 1. The first kappa shape index (κ1) is 20.7. The van der Waals surface area contributed by atoms with E-state index in [9.17, 15) is 4.79 Å². The molecule has 1 unspecified atom stereocenters. The smallest absolute Gasteiger partial charge is 0.232 e. The van der Waals surface area contributed by atoms with E-state index in [1.54, 1.807) is 38.4 Å². The average Bonchev–Trinajstić information content (AvgIpc) is 3.41. The molecule has 1 fully saturated rings. The Hall–Kier alpha value is -3.55. The SMILES string of the molecule is COc1cc(N2CC(c3nc(-c4ccc(C)c(C)c4)no3)CC2=O)cc(OC)c1OC. The Balaban J connectivity index is 1.59. The van der Waals surface area contributed by atoms with Gasteiger partial charge in [-0.2, -0.15) is 4.98 Å². The molecule has 2 aromatic carbocycles. The number of aryl methyl sites for hydroxylation is 2. The maximum atomic E-state index is 12.8. The van der Waals surface area contributed by atoms with Crippen molar-refractivity contribution in [2.75, 3.05) is 32.8 Å². The molecule has 1 amide bonds. The lowest BCUT2D eigenvalue weighted by Crippen LogP contribution is -2.24. The molecule has 31 heavy (non-hydrogen) atoms. The molecule has 0 saturated carbocycles. The molecule has 4 rings (SSSR count). The van der Waals surface area contributed by atoms with Gasteiger partial charge in [0.25, 0.3) is 0 Å². The fraction of sp³-hybridized carbons (Fsp3) is 0.348. The van der Waals surface area contributed by atoms with Crippen molar-refractivity contribution in [3.63, 3.8) is 0 Å². The standard InChI is InChI=1S/C23H25N3O5/c1-13-6-7-15(8-14(13)2)22-24-23(31-25-22)16-9-20(27)26(12-16)17-10-18(28-3)21(30-5)19(11-17)29-4/h6-8,10-11,16H,9,12H2,1-5H3. The highest BCUT2D eigenvalue weighted by atomic mass is 16.5. The number of hydrogen-bond donors (Lipinski definition) is 0. The molecular formula is C23H25N3O5. The second kappa shape index (κ2) is 8.29. The zero-order valence-electron chi connectivity index (χ0n) is 18.3. The van der Waals surface area contributed by atoms with Crippen LogP contribution < -0.4 is 19.1 Å². The van der Waals surface area contributed by atoms with E-state index in [2.05, 4.69) is 17.1 Å². The molecular weight excluding hydrogens is 398 g/mol. The predicted octanol–water partition coefficient (Wildman–Crippen LogP) is 3.90. The van der Waals surface area contributed by atoms with Crippen molar-refractivity contribution >= 4 is 11.6 Å². The summed E-state index contributed by atoms with van der Waals surface area (Å²) in [6.45, 7) is 4.53. The first-order valence-electron chi connectivity index (χ1n) is 9.96. The van der Waals surface area contributed by atoms with Gasteiger partial charge in [0.2, 0.25) is 23.4 Å². The van der Waals surface area contributed by atoms with Crippen molar-refractivity contribution in [2.45, 2.75) is 26.2 Å². The number of ether oxygens (including phenoxy) is 3. The van der Waals surface area contributed by atoms with Crippen LogP contribution in [0.3, 0.4) is 0 Å². The molecule has 0 aliphatic carbocycles. The molecule has 1 aliphatic heterocycles. The summed E-state index contributed by atoms with van der Waals surface area (Å²) < 4.78 is 21.7. The quantitative estimate of drug-likeness (QED) is 0.594. The van der Waals surface area contributed by atoms with Gasteiger partial charge in [-0.15, -0.1) is 0 Å². The van der Waals surface area contributed by atoms with Crippen LogP contribution in [0.25, 0.3) is 11.4 Å². The molecule has 8 heteroatoms. The molecule has 0 spiro atoms. The van der Waals surface area contributed by atoms with Crippen LogP contribution in [0, 0.1) is 13.8 Å². The van der Waals surface area contributed by atoms with Crippen LogP contribution in [0.2, 0.25) is 0 Å². The third-order valence-corrected chi connectivity index (χ3v) is 5.64. The van der Waals surface area contributed by atoms with Crippen LogP contribution >= 0.6 is 0 Å². The third kappa shape index (κ3) is 3.81. The van der Waals surface area contributed by atoms with Gasteiger partial charge >= 0.3 is 0 Å². The van der Waals surface area contributed by atoms with E-state index in [1.165, 1.54) is 5.56 Å². The summed E-state index contributed by atoms with van der Waals surface area (Å²) in [7, 11) is 4.63. The molecule has 0 radical (unpaired) electrons. The average molecular weight is 423 g/mol. The summed E-state index contributed by atoms with van der Waals surface area (Å²) in [5, 5.41) is 4.13. The Labute approximate surface area is 180 Å². The first-order valence-corrected chi connectivity index (χ1v) is 9.96. The summed E-state index contributed by atoms with van der Waals surface area (Å²) in [5.41, 5.74) is 3.92. The first-order chi connectivity index (χ1) is 14.9. The van der Waals surface area contributed by atoms with Gasteiger partial charge in [-0.1, -0.05) is 17.3 Å². The highest BCUT2D eigenvalue weighted by Gasteiger charge is 2.36. The van der Waals surface area contributed by atoms with Gasteiger partial charge in [0, 0.05) is 30.7 Å². The molecule has 2 heterocycles. The van der Waals surface area contributed by atoms with Gasteiger partial charge in [0.05, 0.1) is 32.9 Å². The fourth-order valence-electron chi connectivity index (χ4n) is 3.74. The highest BCUT2D eigenvalue weighted by Crippen LogP contribution is 2.43. The summed E-state index contributed by atoms with van der Waals surface area (Å²) in [6.07, 6.45) is 0.283. The molecule has 0 N–H and O–H groups in total. The lowest BCUT2D eigenvalue weighted by molar-refractivity contribution is -0.117. The third-order valence-electron chi connectivity index (χ3n) is 5.64. The highest BCUT2D eigenvalue weighted by molar-refractivity contribution is 5.97.